The number of nitrogens with one attached hydrogen (secondary N) is 1. The van der Waals surface area contributed by atoms with Crippen LogP contribution in [-0.4, -0.2) is 67.0 Å². The number of aliphatic hydroxyl groups excluding tert-OH is 1. The van der Waals surface area contributed by atoms with E-state index in [-0.39, 0.29) is 24.0 Å². The molecule has 0 unspecified atom stereocenters. The first-order valence-electron chi connectivity index (χ1n) is 12.0. The van der Waals surface area contributed by atoms with E-state index in [0.717, 1.165) is 22.2 Å². The molecule has 1 amide bonds. The molecule has 186 valence electrons. The molecule has 2 N–H and O–H groups in total. The molecule has 5 rings (SSSR count). The lowest BCUT2D eigenvalue weighted by atomic mass is 9.69. The smallest absolute Gasteiger partial charge is 0.243 e. The number of nitrogens with zero attached hydrogens (tertiary/aromatic N) is 2. The zero-order chi connectivity index (χ0) is 24.8. The largest absolute Gasteiger partial charge is 0.497 e. The van der Waals surface area contributed by atoms with E-state index in [4.69, 9.17) is 4.74 Å². The molecular weight excluding hydrogens is 466 g/mol. The predicted octanol–water partition coefficient (Wildman–Crippen LogP) is 3.18. The van der Waals surface area contributed by atoms with Gasteiger partial charge in [-0.25, -0.2) is 8.42 Å². The molecule has 1 saturated heterocycles. The fourth-order valence-corrected chi connectivity index (χ4v) is 7.45. The number of likely N-dealkylation sites (tertiary alicyclic amines) is 1. The van der Waals surface area contributed by atoms with Crippen LogP contribution >= 0.6 is 0 Å². The van der Waals surface area contributed by atoms with Gasteiger partial charge in [0.25, 0.3) is 0 Å². The molecule has 1 atom stereocenters. The summed E-state index contributed by atoms with van der Waals surface area (Å²) >= 11 is 0. The molecule has 1 aromatic heterocycles. The maximum absolute atomic E-state index is 13.8. The highest BCUT2D eigenvalue weighted by Gasteiger charge is 2.51. The number of sulfonamides is 1. The summed E-state index contributed by atoms with van der Waals surface area (Å²) in [5.41, 5.74) is 2.13. The Kier molecular flexibility index (Phi) is 6.11. The third-order valence-corrected chi connectivity index (χ3v) is 9.47. The Bertz CT molecular complexity index is 1340. The second-order valence-corrected chi connectivity index (χ2v) is 11.3. The van der Waals surface area contributed by atoms with Crippen LogP contribution in [0.5, 0.6) is 5.75 Å². The number of fused-ring (bicyclic) bond motifs is 4. The number of ether oxygens (including phenoxy) is 1. The summed E-state index contributed by atoms with van der Waals surface area (Å²) in [6, 6.07) is 13.4. The summed E-state index contributed by atoms with van der Waals surface area (Å²) in [7, 11) is -2.27. The first kappa shape index (κ1) is 23.8. The van der Waals surface area contributed by atoms with Crippen LogP contribution in [0.4, 0.5) is 0 Å². The van der Waals surface area contributed by atoms with Crippen molar-refractivity contribution in [2.24, 2.45) is 0 Å². The molecule has 0 radical (unpaired) electrons. The van der Waals surface area contributed by atoms with Gasteiger partial charge in [-0.3, -0.25) is 4.79 Å². The van der Waals surface area contributed by atoms with E-state index in [9.17, 15) is 18.3 Å². The fourth-order valence-electron chi connectivity index (χ4n) is 5.76. The van der Waals surface area contributed by atoms with Crippen molar-refractivity contribution in [1.29, 1.82) is 0 Å². The number of aromatic nitrogens is 1. The van der Waals surface area contributed by atoms with Gasteiger partial charge in [-0.05, 0) is 42.7 Å². The molecule has 1 fully saturated rings. The molecular formula is C26H31N3O5S. The normalized spacial score (nSPS) is 20.2. The Labute approximate surface area is 205 Å². The van der Waals surface area contributed by atoms with E-state index in [1.165, 1.54) is 4.31 Å². The summed E-state index contributed by atoms with van der Waals surface area (Å²) in [6.45, 7) is 2.89. The number of aliphatic hydroxyl groups is 1. The topological polar surface area (TPSA) is 103 Å². The summed E-state index contributed by atoms with van der Waals surface area (Å²) < 4.78 is 34.6. The Morgan fingerprint density at radius 1 is 1.17 bits per heavy atom. The van der Waals surface area contributed by atoms with E-state index in [1.807, 2.05) is 30.0 Å². The minimum atomic E-state index is -3.88. The lowest BCUT2D eigenvalue weighted by molar-refractivity contribution is -0.132. The second-order valence-electron chi connectivity index (χ2n) is 9.40. The zero-order valence-electron chi connectivity index (χ0n) is 20.0. The molecule has 2 aliphatic heterocycles. The Morgan fingerprint density at radius 3 is 2.51 bits per heavy atom. The molecule has 2 aromatic carbocycles. The number of piperidine rings is 1. The lowest BCUT2D eigenvalue weighted by Gasteiger charge is -2.49. The van der Waals surface area contributed by atoms with Gasteiger partial charge in [0.1, 0.15) is 5.75 Å². The minimum Gasteiger partial charge on any atom is -0.497 e. The summed E-state index contributed by atoms with van der Waals surface area (Å²) in [5.74, 6) is 0.810. The van der Waals surface area contributed by atoms with Crippen molar-refractivity contribution in [2.75, 3.05) is 33.4 Å². The minimum absolute atomic E-state index is 0.113. The highest BCUT2D eigenvalue weighted by Crippen LogP contribution is 2.50. The van der Waals surface area contributed by atoms with E-state index in [2.05, 4.69) is 4.98 Å². The number of amides is 1. The molecule has 9 heteroatoms. The highest BCUT2D eigenvalue weighted by atomic mass is 32.2. The van der Waals surface area contributed by atoms with Crippen molar-refractivity contribution in [3.63, 3.8) is 0 Å². The van der Waals surface area contributed by atoms with E-state index < -0.39 is 21.5 Å². The number of aromatic amines is 1. The molecule has 0 bridgehead atoms. The van der Waals surface area contributed by atoms with Crippen molar-refractivity contribution in [3.05, 3.63) is 59.8 Å². The van der Waals surface area contributed by atoms with Crippen LogP contribution in [0.25, 0.3) is 10.9 Å². The van der Waals surface area contributed by atoms with Crippen molar-refractivity contribution in [1.82, 2.24) is 14.2 Å². The second kappa shape index (κ2) is 8.96. The lowest BCUT2D eigenvalue weighted by Crippen LogP contribution is -2.55. The number of carbonyl (C=O) groups excluding carboxylic acids is 1. The fraction of sp³-hybridized carbons (Fsp3) is 0.423. The molecule has 3 heterocycles. The van der Waals surface area contributed by atoms with Crippen molar-refractivity contribution in [2.45, 2.75) is 42.5 Å². The average Bonchev–Trinajstić information content (AvgIpc) is 3.28. The third kappa shape index (κ3) is 3.82. The molecule has 8 nitrogen and oxygen atoms in total. The van der Waals surface area contributed by atoms with Crippen LogP contribution in [0.1, 0.15) is 43.5 Å². The molecule has 1 spiro atoms. The number of rotatable bonds is 5. The van der Waals surface area contributed by atoms with Crippen LogP contribution in [0, 0.1) is 0 Å². The number of H-pyrrole nitrogens is 1. The van der Waals surface area contributed by atoms with Crippen LogP contribution in [-0.2, 0) is 20.2 Å². The number of methoxy groups -OCH3 is 1. The van der Waals surface area contributed by atoms with E-state index in [0.29, 0.717) is 38.1 Å². The number of hydrogen-bond donors (Lipinski definition) is 2. The Morgan fingerprint density at radius 2 is 1.89 bits per heavy atom. The first-order valence-corrected chi connectivity index (χ1v) is 13.4. The van der Waals surface area contributed by atoms with Gasteiger partial charge < -0.3 is 19.7 Å². The maximum atomic E-state index is 13.8. The molecule has 2 aliphatic rings. The number of benzene rings is 2. The van der Waals surface area contributed by atoms with Gasteiger partial charge in [0.2, 0.25) is 15.9 Å². The molecule has 3 aromatic rings. The third-order valence-electron chi connectivity index (χ3n) is 7.60. The van der Waals surface area contributed by atoms with Gasteiger partial charge in [0.15, 0.2) is 0 Å². The average molecular weight is 498 g/mol. The van der Waals surface area contributed by atoms with Crippen LogP contribution in [0.2, 0.25) is 0 Å². The van der Waals surface area contributed by atoms with Gasteiger partial charge in [-0.2, -0.15) is 4.31 Å². The standard InChI is InChI=1S/C26H31N3O5S/c1-3-23(31)28-13-11-26(12-14-28)17-29(35(32,33)19-7-5-4-6-8-19)22(16-30)25-24(26)20-10-9-18(34-2)15-21(20)27-25/h4-10,15,22,27,30H,3,11-14,16-17H2,1-2H3/t22-/m0/s1. The van der Waals surface area contributed by atoms with Crippen LogP contribution < -0.4 is 4.74 Å². The molecule has 0 saturated carbocycles. The zero-order valence-corrected chi connectivity index (χ0v) is 20.8. The summed E-state index contributed by atoms with van der Waals surface area (Å²) in [4.78, 5) is 17.9. The summed E-state index contributed by atoms with van der Waals surface area (Å²) in [5, 5.41) is 11.5. The molecule has 35 heavy (non-hydrogen) atoms. The highest BCUT2D eigenvalue weighted by molar-refractivity contribution is 7.89. The monoisotopic (exact) mass is 497 g/mol. The predicted molar refractivity (Wildman–Crippen MR) is 133 cm³/mol. The van der Waals surface area contributed by atoms with Gasteiger partial charge >= 0.3 is 0 Å². The number of hydrogen-bond acceptors (Lipinski definition) is 5. The van der Waals surface area contributed by atoms with Crippen molar-refractivity contribution >= 4 is 26.8 Å². The van der Waals surface area contributed by atoms with Crippen molar-refractivity contribution < 1.29 is 23.1 Å². The van der Waals surface area contributed by atoms with Crippen LogP contribution in [0.15, 0.2) is 53.4 Å². The van der Waals surface area contributed by atoms with Crippen molar-refractivity contribution in [3.8, 4) is 5.75 Å². The van der Waals surface area contributed by atoms with Crippen LogP contribution in [0.3, 0.4) is 0 Å². The van der Waals surface area contributed by atoms with Gasteiger partial charge in [0.05, 0.1) is 24.7 Å². The Balaban J connectivity index is 1.68. The number of carbonyl (C=O) groups is 1. The van der Waals surface area contributed by atoms with Gasteiger partial charge in [-0.1, -0.05) is 25.1 Å². The summed E-state index contributed by atoms with van der Waals surface area (Å²) in [6.07, 6.45) is 1.74. The Hall–Kier alpha value is -2.88. The van der Waals surface area contributed by atoms with Gasteiger partial charge in [0, 0.05) is 54.1 Å². The quantitative estimate of drug-likeness (QED) is 0.564. The molecule has 0 aliphatic carbocycles. The first-order chi connectivity index (χ1) is 16.8. The maximum Gasteiger partial charge on any atom is 0.243 e. The SMILES string of the molecule is CCC(=O)N1CCC2(CC1)CN(S(=O)(=O)c1ccccc1)[C@@H](CO)c1[nH]c3cc(OC)ccc3c12. The van der Waals surface area contributed by atoms with E-state index in [1.54, 1.807) is 37.4 Å². The van der Waals surface area contributed by atoms with E-state index >= 15 is 0 Å². The van der Waals surface area contributed by atoms with Gasteiger partial charge in [-0.15, -0.1) is 0 Å².